The molecular weight excluding hydrogens is 439 g/mol. The van der Waals surface area contributed by atoms with E-state index in [2.05, 4.69) is 10.4 Å². The lowest BCUT2D eigenvalue weighted by Gasteiger charge is -2.60. The summed E-state index contributed by atoms with van der Waals surface area (Å²) in [4.78, 5) is 28.1. The van der Waals surface area contributed by atoms with Crippen molar-refractivity contribution in [2.45, 2.75) is 62.9 Å². The van der Waals surface area contributed by atoms with Crippen molar-refractivity contribution in [1.82, 2.24) is 24.9 Å². The third-order valence-corrected chi connectivity index (χ3v) is 7.87. The van der Waals surface area contributed by atoms with Crippen molar-refractivity contribution < 1.29 is 27.5 Å². The predicted octanol–water partition coefficient (Wildman–Crippen LogP) is 2.20. The van der Waals surface area contributed by atoms with Gasteiger partial charge in [0.15, 0.2) is 5.69 Å². The molecule has 3 amide bonds. The molecule has 0 radical (unpaired) electrons. The van der Waals surface area contributed by atoms with Gasteiger partial charge in [0, 0.05) is 43.4 Å². The molecule has 11 heteroatoms. The van der Waals surface area contributed by atoms with E-state index in [4.69, 9.17) is 4.74 Å². The van der Waals surface area contributed by atoms with Crippen LogP contribution in [0.3, 0.4) is 0 Å². The number of urea groups is 1. The topological polar surface area (TPSA) is 79.7 Å². The average Bonchev–Trinajstić information content (AvgIpc) is 3.46. The molecule has 2 saturated carbocycles. The van der Waals surface area contributed by atoms with E-state index in [1.54, 1.807) is 11.1 Å². The number of fused-ring (bicyclic) bond motifs is 1. The van der Waals surface area contributed by atoms with Gasteiger partial charge in [0.25, 0.3) is 0 Å². The van der Waals surface area contributed by atoms with Crippen LogP contribution < -0.4 is 5.32 Å². The Kier molecular flexibility index (Phi) is 4.73. The minimum absolute atomic E-state index is 0.0209. The zero-order valence-electron chi connectivity index (χ0n) is 18.3. The molecule has 180 valence electrons. The van der Waals surface area contributed by atoms with Gasteiger partial charge in [-0.1, -0.05) is 0 Å². The summed E-state index contributed by atoms with van der Waals surface area (Å²) in [6.45, 7) is 2.45. The SMILES string of the molecule is O=C1CO[C@H]2CCN(C(=O)N3CC4(CC(Cc5cn(C6CC6)nc5C(F)(F)F)C4)C3)C[C@H]2N1. The van der Waals surface area contributed by atoms with Gasteiger partial charge in [0.05, 0.1) is 18.2 Å². The lowest BCUT2D eigenvalue weighted by Crippen LogP contribution is -2.68. The number of carbonyl (C=O) groups is 2. The molecule has 2 atom stereocenters. The number of likely N-dealkylation sites (tertiary alicyclic amines) is 2. The number of carbonyl (C=O) groups excluding carboxylic acids is 2. The Morgan fingerprint density at radius 3 is 2.67 bits per heavy atom. The van der Waals surface area contributed by atoms with E-state index in [1.807, 2.05) is 4.90 Å². The summed E-state index contributed by atoms with van der Waals surface area (Å²) in [5, 5.41) is 6.75. The first-order chi connectivity index (χ1) is 15.7. The van der Waals surface area contributed by atoms with Crippen LogP contribution in [-0.2, 0) is 22.1 Å². The highest BCUT2D eigenvalue weighted by atomic mass is 19.4. The molecule has 1 aromatic heterocycles. The minimum Gasteiger partial charge on any atom is -0.366 e. The molecule has 5 aliphatic rings. The molecule has 0 unspecified atom stereocenters. The van der Waals surface area contributed by atoms with Crippen LogP contribution >= 0.6 is 0 Å². The van der Waals surface area contributed by atoms with Gasteiger partial charge in [0.1, 0.15) is 6.61 Å². The first kappa shape index (κ1) is 21.2. The normalized spacial score (nSPS) is 29.4. The Morgan fingerprint density at radius 2 is 1.97 bits per heavy atom. The Hall–Kier alpha value is -2.30. The molecule has 1 N–H and O–H groups in total. The number of aromatic nitrogens is 2. The van der Waals surface area contributed by atoms with Crippen LogP contribution in [0.4, 0.5) is 18.0 Å². The number of hydrogen-bond acceptors (Lipinski definition) is 4. The van der Waals surface area contributed by atoms with Gasteiger partial charge >= 0.3 is 12.2 Å². The highest BCUT2D eigenvalue weighted by molar-refractivity contribution is 5.79. The second-order valence-electron chi connectivity index (χ2n) is 10.6. The van der Waals surface area contributed by atoms with Crippen LogP contribution in [0.25, 0.3) is 0 Å². The van der Waals surface area contributed by atoms with Crippen LogP contribution in [0.15, 0.2) is 6.20 Å². The molecule has 3 saturated heterocycles. The monoisotopic (exact) mass is 467 g/mol. The molecule has 3 aliphatic heterocycles. The van der Waals surface area contributed by atoms with Crippen molar-refractivity contribution in [1.29, 1.82) is 0 Å². The smallest absolute Gasteiger partial charge is 0.366 e. The molecule has 0 aromatic carbocycles. The maximum absolute atomic E-state index is 13.4. The average molecular weight is 467 g/mol. The van der Waals surface area contributed by atoms with Crippen molar-refractivity contribution in [3.8, 4) is 0 Å². The van der Waals surface area contributed by atoms with E-state index < -0.39 is 11.9 Å². The number of nitrogens with one attached hydrogen (secondary N) is 1. The van der Waals surface area contributed by atoms with Crippen molar-refractivity contribution in [3.63, 3.8) is 0 Å². The predicted molar refractivity (Wildman–Crippen MR) is 109 cm³/mol. The lowest BCUT2D eigenvalue weighted by molar-refractivity contribution is -0.142. The highest BCUT2D eigenvalue weighted by Crippen LogP contribution is 2.53. The summed E-state index contributed by atoms with van der Waals surface area (Å²) in [7, 11) is 0. The van der Waals surface area contributed by atoms with Crippen LogP contribution in [-0.4, -0.2) is 76.5 Å². The fourth-order valence-electron chi connectivity index (χ4n) is 6.19. The molecule has 33 heavy (non-hydrogen) atoms. The Labute approximate surface area is 189 Å². The third-order valence-electron chi connectivity index (χ3n) is 7.87. The number of amides is 3. The van der Waals surface area contributed by atoms with E-state index in [0.29, 0.717) is 44.6 Å². The van der Waals surface area contributed by atoms with Gasteiger partial charge in [0.2, 0.25) is 5.91 Å². The zero-order valence-corrected chi connectivity index (χ0v) is 18.3. The summed E-state index contributed by atoms with van der Waals surface area (Å²) in [6, 6.07) is -0.0589. The Balaban J connectivity index is 1.01. The fraction of sp³-hybridized carbons (Fsp3) is 0.773. The first-order valence-corrected chi connectivity index (χ1v) is 11.8. The van der Waals surface area contributed by atoms with Gasteiger partial charge in [-0.15, -0.1) is 0 Å². The standard InChI is InChI=1S/C22H28F3N5O3/c23-22(24,25)19-14(8-30(27-19)15-1-2-15)5-13-6-21(7-13)11-29(12-21)20(32)28-4-3-17-16(9-28)26-18(31)10-33-17/h8,13,15-17H,1-7,9-12H2,(H,26,31)/t16-,17+/m1/s1. The van der Waals surface area contributed by atoms with Gasteiger partial charge in [-0.2, -0.15) is 18.3 Å². The minimum atomic E-state index is -4.42. The maximum atomic E-state index is 13.4. The summed E-state index contributed by atoms with van der Waals surface area (Å²) >= 11 is 0. The molecule has 8 nitrogen and oxygen atoms in total. The first-order valence-electron chi connectivity index (χ1n) is 11.8. The molecule has 0 bridgehead atoms. The van der Waals surface area contributed by atoms with Crippen LogP contribution in [0.5, 0.6) is 0 Å². The summed E-state index contributed by atoms with van der Waals surface area (Å²) in [5.41, 5.74) is -0.379. The second-order valence-corrected chi connectivity index (χ2v) is 10.6. The summed E-state index contributed by atoms with van der Waals surface area (Å²) in [5.74, 6) is 0.0517. The molecule has 4 heterocycles. The number of halogens is 3. The molecule has 1 aromatic rings. The third kappa shape index (κ3) is 3.87. The van der Waals surface area contributed by atoms with E-state index >= 15 is 0 Å². The molecule has 2 aliphatic carbocycles. The summed E-state index contributed by atoms with van der Waals surface area (Å²) < 4.78 is 47.4. The number of hydrogen-bond donors (Lipinski definition) is 1. The quantitative estimate of drug-likeness (QED) is 0.739. The van der Waals surface area contributed by atoms with Crippen LogP contribution in [0.2, 0.25) is 0 Å². The zero-order chi connectivity index (χ0) is 23.0. The van der Waals surface area contributed by atoms with E-state index in [0.717, 1.165) is 25.7 Å². The molecule has 5 fully saturated rings. The van der Waals surface area contributed by atoms with Gasteiger partial charge in [-0.05, 0) is 44.4 Å². The van der Waals surface area contributed by atoms with Crippen molar-refractivity contribution in [3.05, 3.63) is 17.5 Å². The van der Waals surface area contributed by atoms with Crippen molar-refractivity contribution >= 4 is 11.9 Å². The number of alkyl halides is 3. The van der Waals surface area contributed by atoms with E-state index in [9.17, 15) is 22.8 Å². The molecule has 1 spiro atoms. The van der Waals surface area contributed by atoms with Gasteiger partial charge < -0.3 is 19.9 Å². The van der Waals surface area contributed by atoms with Crippen molar-refractivity contribution in [2.75, 3.05) is 32.8 Å². The largest absolute Gasteiger partial charge is 0.435 e. The van der Waals surface area contributed by atoms with E-state index in [-0.39, 0.29) is 48.1 Å². The van der Waals surface area contributed by atoms with Gasteiger partial charge in [-0.25, -0.2) is 4.79 Å². The number of ether oxygens (including phenoxy) is 1. The summed E-state index contributed by atoms with van der Waals surface area (Å²) in [6.07, 6.45) is 1.72. The van der Waals surface area contributed by atoms with Crippen LogP contribution in [0.1, 0.15) is 49.4 Å². The number of nitrogens with zero attached hydrogens (tertiary/aromatic N) is 4. The molecule has 6 rings (SSSR count). The number of piperidine rings is 1. The van der Waals surface area contributed by atoms with Crippen LogP contribution in [0, 0.1) is 11.3 Å². The molecular formula is C22H28F3N5O3. The number of rotatable bonds is 3. The Bertz CT molecular complexity index is 961. The van der Waals surface area contributed by atoms with Gasteiger partial charge in [-0.3, -0.25) is 9.48 Å². The second kappa shape index (κ2) is 7.35. The Morgan fingerprint density at radius 1 is 1.21 bits per heavy atom. The number of morpholine rings is 1. The van der Waals surface area contributed by atoms with E-state index in [1.165, 1.54) is 4.68 Å². The lowest BCUT2D eigenvalue weighted by atomic mass is 9.56. The maximum Gasteiger partial charge on any atom is 0.435 e. The fourth-order valence-corrected chi connectivity index (χ4v) is 6.19. The van der Waals surface area contributed by atoms with Crippen molar-refractivity contribution in [2.24, 2.45) is 11.3 Å². The highest BCUT2D eigenvalue weighted by Gasteiger charge is 2.55.